The first-order chi connectivity index (χ1) is 17.3. The Morgan fingerprint density at radius 3 is 2.24 bits per heavy atom. The Morgan fingerprint density at radius 1 is 1.05 bits per heavy atom. The predicted octanol–water partition coefficient (Wildman–Crippen LogP) is 3.53. The molecule has 0 heterocycles. The first-order valence-electron chi connectivity index (χ1n) is 13.0. The van der Waals surface area contributed by atoms with Gasteiger partial charge in [0.15, 0.2) is 0 Å². The van der Waals surface area contributed by atoms with Crippen LogP contribution in [0.1, 0.15) is 91.7 Å². The number of alkyl carbamates (subject to hydrolysis) is 1. The average Bonchev–Trinajstić information content (AvgIpc) is 2.77. The number of ether oxygens (including phenoxy) is 1. The maximum atomic E-state index is 13.9. The van der Waals surface area contributed by atoms with Gasteiger partial charge in [-0.15, -0.1) is 0 Å². The standard InChI is InChI=1S/C27H44N4O6/c1-7-9-12-16-31(25(35)20(17-22(28)33)30-26(36)37-27(4,5)6)23(19-14-10-11-15-21(19)32)24(34)29-18(3)13-8-2/h10-11,14-15,18,20,23,32H,7-9,12-13,16-17H2,1-6H3,(H2,28,33)(H,29,34)(H,30,36). The third-order valence-corrected chi connectivity index (χ3v) is 5.58. The number of nitrogens with one attached hydrogen (secondary N) is 2. The fraction of sp³-hybridized carbons (Fsp3) is 0.630. The topological polar surface area (TPSA) is 151 Å². The number of phenolic OH excluding ortho intramolecular Hbond substituents is 1. The van der Waals surface area contributed by atoms with Crippen molar-refractivity contribution in [2.24, 2.45) is 5.73 Å². The Labute approximate surface area is 220 Å². The summed E-state index contributed by atoms with van der Waals surface area (Å²) < 4.78 is 5.28. The van der Waals surface area contributed by atoms with Crippen LogP contribution in [0.3, 0.4) is 0 Å². The van der Waals surface area contributed by atoms with Gasteiger partial charge in [0.05, 0.1) is 6.42 Å². The van der Waals surface area contributed by atoms with E-state index in [0.717, 1.165) is 25.7 Å². The molecule has 1 rings (SSSR count). The van der Waals surface area contributed by atoms with E-state index in [1.54, 1.807) is 39.0 Å². The number of nitrogens with two attached hydrogens (primary N) is 1. The second-order valence-electron chi connectivity index (χ2n) is 10.3. The minimum atomic E-state index is -1.36. The molecule has 0 aliphatic rings. The van der Waals surface area contributed by atoms with Crippen molar-refractivity contribution in [3.63, 3.8) is 0 Å². The molecule has 0 radical (unpaired) electrons. The van der Waals surface area contributed by atoms with Crippen LogP contribution in [0.5, 0.6) is 5.75 Å². The molecule has 0 aromatic heterocycles. The number of amides is 4. The molecule has 0 saturated carbocycles. The minimum absolute atomic E-state index is 0.148. The summed E-state index contributed by atoms with van der Waals surface area (Å²) in [4.78, 5) is 53.2. The molecular formula is C27H44N4O6. The first-order valence-corrected chi connectivity index (χ1v) is 13.0. The summed E-state index contributed by atoms with van der Waals surface area (Å²) >= 11 is 0. The molecule has 0 bridgehead atoms. The fourth-order valence-electron chi connectivity index (χ4n) is 3.95. The van der Waals surface area contributed by atoms with Crippen LogP contribution in [0, 0.1) is 0 Å². The normalized spacial score (nSPS) is 13.7. The lowest BCUT2D eigenvalue weighted by Crippen LogP contribution is -2.54. The molecule has 0 aliphatic carbocycles. The number of carbonyl (C=O) groups is 4. The molecule has 37 heavy (non-hydrogen) atoms. The highest BCUT2D eigenvalue weighted by Crippen LogP contribution is 2.30. The number of hydrogen-bond donors (Lipinski definition) is 4. The van der Waals surface area contributed by atoms with Gasteiger partial charge in [-0.25, -0.2) is 4.79 Å². The summed E-state index contributed by atoms with van der Waals surface area (Å²) in [6.45, 7) is 11.0. The van der Waals surface area contributed by atoms with Crippen LogP contribution < -0.4 is 16.4 Å². The molecule has 0 aliphatic heterocycles. The molecule has 208 valence electrons. The summed E-state index contributed by atoms with van der Waals surface area (Å²) in [6, 6.07) is 3.59. The van der Waals surface area contributed by atoms with E-state index in [0.29, 0.717) is 6.42 Å². The number of carbonyl (C=O) groups excluding carboxylic acids is 4. The van der Waals surface area contributed by atoms with Gasteiger partial charge in [-0.05, 0) is 46.6 Å². The van der Waals surface area contributed by atoms with Crippen LogP contribution >= 0.6 is 0 Å². The molecule has 10 nitrogen and oxygen atoms in total. The van der Waals surface area contributed by atoms with Crippen molar-refractivity contribution in [1.29, 1.82) is 0 Å². The van der Waals surface area contributed by atoms with Gasteiger partial charge in [0.2, 0.25) is 17.7 Å². The third kappa shape index (κ3) is 11.1. The molecule has 0 fully saturated rings. The monoisotopic (exact) mass is 520 g/mol. The smallest absolute Gasteiger partial charge is 0.408 e. The molecule has 3 unspecified atom stereocenters. The quantitative estimate of drug-likeness (QED) is 0.276. The summed E-state index contributed by atoms with van der Waals surface area (Å²) in [6.07, 6.45) is 2.43. The van der Waals surface area contributed by atoms with E-state index >= 15 is 0 Å². The Balaban J connectivity index is 3.52. The molecule has 0 saturated heterocycles. The number of para-hydroxylation sites is 1. The van der Waals surface area contributed by atoms with E-state index in [9.17, 15) is 24.3 Å². The Kier molecular flexibility index (Phi) is 12.9. The number of primary amides is 1. The van der Waals surface area contributed by atoms with E-state index < -0.39 is 47.9 Å². The van der Waals surface area contributed by atoms with Gasteiger partial charge in [-0.2, -0.15) is 0 Å². The molecule has 3 atom stereocenters. The van der Waals surface area contributed by atoms with Crippen molar-refractivity contribution >= 4 is 23.8 Å². The number of benzene rings is 1. The highest BCUT2D eigenvalue weighted by atomic mass is 16.6. The van der Waals surface area contributed by atoms with E-state index in [1.165, 1.54) is 11.0 Å². The summed E-state index contributed by atoms with van der Waals surface area (Å²) in [5.41, 5.74) is 4.81. The van der Waals surface area contributed by atoms with E-state index in [-0.39, 0.29) is 23.9 Å². The number of unbranched alkanes of at least 4 members (excludes halogenated alkanes) is 2. The lowest BCUT2D eigenvalue weighted by molar-refractivity contribution is -0.143. The first kappa shape index (κ1) is 31.7. The van der Waals surface area contributed by atoms with E-state index in [2.05, 4.69) is 10.6 Å². The highest BCUT2D eigenvalue weighted by Gasteiger charge is 2.38. The Bertz CT molecular complexity index is 914. The van der Waals surface area contributed by atoms with Crippen LogP contribution in [-0.4, -0.2) is 58.1 Å². The van der Waals surface area contributed by atoms with E-state index in [4.69, 9.17) is 10.5 Å². The minimum Gasteiger partial charge on any atom is -0.508 e. The summed E-state index contributed by atoms with van der Waals surface area (Å²) in [5, 5.41) is 16.0. The number of rotatable bonds is 14. The number of aromatic hydroxyl groups is 1. The van der Waals surface area contributed by atoms with E-state index in [1.807, 2.05) is 20.8 Å². The van der Waals surface area contributed by atoms with Crippen LogP contribution in [0.2, 0.25) is 0 Å². The van der Waals surface area contributed by atoms with Crippen LogP contribution in [-0.2, 0) is 19.1 Å². The number of phenols is 1. The lowest BCUT2D eigenvalue weighted by Gasteiger charge is -2.35. The maximum absolute atomic E-state index is 13.9. The zero-order valence-electron chi connectivity index (χ0n) is 23.0. The van der Waals surface area contributed by atoms with Crippen molar-refractivity contribution in [1.82, 2.24) is 15.5 Å². The largest absolute Gasteiger partial charge is 0.508 e. The molecular weight excluding hydrogens is 476 g/mol. The Hall–Kier alpha value is -3.30. The molecule has 4 amide bonds. The van der Waals surface area contributed by atoms with Gasteiger partial charge in [0, 0.05) is 18.2 Å². The van der Waals surface area contributed by atoms with Gasteiger partial charge < -0.3 is 31.1 Å². The second-order valence-corrected chi connectivity index (χ2v) is 10.3. The van der Waals surface area contributed by atoms with Gasteiger partial charge in [-0.1, -0.05) is 51.3 Å². The summed E-state index contributed by atoms with van der Waals surface area (Å²) in [5.74, 6) is -2.09. The maximum Gasteiger partial charge on any atom is 0.408 e. The van der Waals surface area contributed by atoms with Gasteiger partial charge in [-0.3, -0.25) is 14.4 Å². The van der Waals surface area contributed by atoms with Crippen molar-refractivity contribution in [2.45, 2.75) is 104 Å². The zero-order chi connectivity index (χ0) is 28.2. The Morgan fingerprint density at radius 2 is 1.70 bits per heavy atom. The van der Waals surface area contributed by atoms with Gasteiger partial charge in [0.1, 0.15) is 23.4 Å². The fourth-order valence-corrected chi connectivity index (χ4v) is 3.95. The van der Waals surface area contributed by atoms with Gasteiger partial charge >= 0.3 is 6.09 Å². The molecule has 10 heteroatoms. The molecule has 0 spiro atoms. The SMILES string of the molecule is CCCCCN(C(=O)C(CC(N)=O)NC(=O)OC(C)(C)C)C(C(=O)NC(C)CCC)c1ccccc1O. The zero-order valence-corrected chi connectivity index (χ0v) is 23.0. The van der Waals surface area contributed by atoms with Crippen molar-refractivity contribution in [3.05, 3.63) is 29.8 Å². The van der Waals surface area contributed by atoms with Crippen molar-refractivity contribution in [2.75, 3.05) is 6.54 Å². The van der Waals surface area contributed by atoms with Crippen molar-refractivity contribution < 1.29 is 29.0 Å². The van der Waals surface area contributed by atoms with Gasteiger partial charge in [0.25, 0.3) is 0 Å². The number of nitrogens with zero attached hydrogens (tertiary/aromatic N) is 1. The average molecular weight is 521 g/mol. The van der Waals surface area contributed by atoms with Crippen LogP contribution in [0.15, 0.2) is 24.3 Å². The second kappa shape index (κ2) is 15.1. The van der Waals surface area contributed by atoms with Crippen LogP contribution in [0.25, 0.3) is 0 Å². The van der Waals surface area contributed by atoms with Crippen molar-refractivity contribution in [3.8, 4) is 5.75 Å². The molecule has 1 aromatic carbocycles. The number of hydrogen-bond acceptors (Lipinski definition) is 6. The highest BCUT2D eigenvalue weighted by molar-refractivity contribution is 5.94. The molecule has 5 N–H and O–H groups in total. The van der Waals surface area contributed by atoms with Crippen LogP contribution in [0.4, 0.5) is 4.79 Å². The lowest BCUT2D eigenvalue weighted by atomic mass is 9.99. The predicted molar refractivity (Wildman–Crippen MR) is 142 cm³/mol. The third-order valence-electron chi connectivity index (χ3n) is 5.58. The molecule has 1 aromatic rings. The summed E-state index contributed by atoms with van der Waals surface area (Å²) in [7, 11) is 0.